The Morgan fingerprint density at radius 3 is 1.75 bits per heavy atom. The third-order valence-electron chi connectivity index (χ3n) is 5.97. The van der Waals surface area contributed by atoms with E-state index in [9.17, 15) is 0 Å². The number of anilines is 1. The summed E-state index contributed by atoms with van der Waals surface area (Å²) in [5.41, 5.74) is 3.78. The van der Waals surface area contributed by atoms with Crippen molar-refractivity contribution in [3.05, 3.63) is 102 Å². The summed E-state index contributed by atoms with van der Waals surface area (Å²) in [6.07, 6.45) is 2.20. The average Bonchev–Trinajstić information content (AvgIpc) is 3.08. The van der Waals surface area contributed by atoms with Gasteiger partial charge in [-0.3, -0.25) is 9.34 Å². The molecular weight excluding hydrogens is 431 g/mol. The fraction of sp³-hybridized carbons (Fsp3) is 0.269. The summed E-state index contributed by atoms with van der Waals surface area (Å²) in [4.78, 5) is 0. The molecule has 1 saturated heterocycles. The number of benzene rings is 3. The maximum atomic E-state index is 5.46. The van der Waals surface area contributed by atoms with Crippen molar-refractivity contribution in [2.24, 2.45) is 0 Å². The molecule has 1 aliphatic rings. The van der Waals surface area contributed by atoms with Crippen molar-refractivity contribution in [3.63, 3.8) is 0 Å². The number of hydrogen-bond donors (Lipinski definition) is 2. The molecule has 4 rings (SSSR count). The number of hydrogen-bond acceptors (Lipinski definition) is 3. The molecule has 0 amide bonds. The van der Waals surface area contributed by atoms with Gasteiger partial charge in [-0.05, 0) is 62.2 Å². The van der Waals surface area contributed by atoms with Gasteiger partial charge in [0.1, 0.15) is 0 Å². The number of nitrogens with zero attached hydrogens (tertiary/aromatic N) is 2. The standard InChI is InChI=1S/C26H31N4PS/c1-29-24(21-13-6-3-7-14-21)25(22-15-8-4-9-16-22)30(2)31(29)20-12-19-27-26(32)28-23-17-10-5-11-18-23/h3-11,13-18,24-25H,12,19-20H2,1-2H3,(H2,27,28,32)/t24-,25-/m1/s1. The van der Waals surface area contributed by atoms with Crippen LogP contribution in [0.3, 0.4) is 0 Å². The van der Waals surface area contributed by atoms with Gasteiger partial charge in [0, 0.05) is 20.5 Å². The van der Waals surface area contributed by atoms with Gasteiger partial charge in [-0.25, -0.2) is 0 Å². The van der Waals surface area contributed by atoms with Crippen LogP contribution in [0, 0.1) is 0 Å². The molecule has 3 aromatic carbocycles. The van der Waals surface area contributed by atoms with E-state index in [0.29, 0.717) is 17.2 Å². The molecule has 2 atom stereocenters. The highest BCUT2D eigenvalue weighted by Crippen LogP contribution is 2.62. The van der Waals surface area contributed by atoms with Gasteiger partial charge >= 0.3 is 0 Å². The molecule has 2 N–H and O–H groups in total. The topological polar surface area (TPSA) is 30.5 Å². The molecule has 1 heterocycles. The van der Waals surface area contributed by atoms with Gasteiger partial charge in [-0.15, -0.1) is 0 Å². The zero-order chi connectivity index (χ0) is 22.3. The first-order valence-electron chi connectivity index (χ1n) is 11.1. The lowest BCUT2D eigenvalue weighted by molar-refractivity contribution is 0.316. The third kappa shape index (κ3) is 5.36. The Labute approximate surface area is 198 Å². The molecule has 0 aromatic heterocycles. The monoisotopic (exact) mass is 462 g/mol. The van der Waals surface area contributed by atoms with Crippen LogP contribution in [0.15, 0.2) is 91.0 Å². The van der Waals surface area contributed by atoms with Crippen LogP contribution in [0.4, 0.5) is 5.69 Å². The maximum absolute atomic E-state index is 5.46. The van der Waals surface area contributed by atoms with Gasteiger partial charge in [0.25, 0.3) is 0 Å². The van der Waals surface area contributed by atoms with E-state index < -0.39 is 8.22 Å². The van der Waals surface area contributed by atoms with E-state index in [1.165, 1.54) is 11.1 Å². The van der Waals surface area contributed by atoms with Gasteiger partial charge in [0.15, 0.2) is 5.11 Å². The molecule has 6 heteroatoms. The van der Waals surface area contributed by atoms with Crippen molar-refractivity contribution in [1.82, 2.24) is 14.7 Å². The normalized spacial score (nSPS) is 19.7. The lowest BCUT2D eigenvalue weighted by atomic mass is 9.93. The van der Waals surface area contributed by atoms with E-state index in [1.54, 1.807) is 0 Å². The van der Waals surface area contributed by atoms with E-state index in [-0.39, 0.29) is 0 Å². The quantitative estimate of drug-likeness (QED) is 0.254. The molecule has 0 aliphatic carbocycles. The highest BCUT2D eigenvalue weighted by molar-refractivity contribution is 7.80. The van der Waals surface area contributed by atoms with Crippen molar-refractivity contribution >= 4 is 31.2 Å². The first-order chi connectivity index (χ1) is 15.6. The van der Waals surface area contributed by atoms with E-state index in [4.69, 9.17) is 12.2 Å². The van der Waals surface area contributed by atoms with Crippen LogP contribution in [0.5, 0.6) is 0 Å². The molecule has 166 valence electrons. The van der Waals surface area contributed by atoms with Crippen LogP contribution in [0.2, 0.25) is 0 Å². The third-order valence-corrected chi connectivity index (χ3v) is 8.88. The summed E-state index contributed by atoms with van der Waals surface area (Å²) in [5.74, 6) is 0. The maximum Gasteiger partial charge on any atom is 0.170 e. The molecule has 0 saturated carbocycles. The van der Waals surface area contributed by atoms with E-state index in [2.05, 4.69) is 94.7 Å². The van der Waals surface area contributed by atoms with Crippen molar-refractivity contribution < 1.29 is 0 Å². The van der Waals surface area contributed by atoms with Crippen molar-refractivity contribution in [1.29, 1.82) is 0 Å². The second kappa shape index (κ2) is 11.0. The lowest BCUT2D eigenvalue weighted by Gasteiger charge is -2.27. The van der Waals surface area contributed by atoms with E-state index >= 15 is 0 Å². The largest absolute Gasteiger partial charge is 0.362 e. The van der Waals surface area contributed by atoms with Gasteiger partial charge in [-0.1, -0.05) is 78.9 Å². The second-order valence-electron chi connectivity index (χ2n) is 8.05. The van der Waals surface area contributed by atoms with Gasteiger partial charge < -0.3 is 10.6 Å². The Hall–Kier alpha value is -2.30. The molecule has 0 spiro atoms. The average molecular weight is 463 g/mol. The molecule has 32 heavy (non-hydrogen) atoms. The molecule has 0 bridgehead atoms. The minimum Gasteiger partial charge on any atom is -0.362 e. The van der Waals surface area contributed by atoms with Crippen LogP contribution >= 0.6 is 20.4 Å². The molecule has 3 aromatic rings. The van der Waals surface area contributed by atoms with E-state index in [1.807, 2.05) is 30.3 Å². The summed E-state index contributed by atoms with van der Waals surface area (Å²) >= 11 is 5.46. The SMILES string of the molecule is CN1[C@H](c2ccccc2)[C@@H](c2ccccc2)N(C)P1CCCNC(=S)Nc1ccccc1. The molecule has 1 aliphatic heterocycles. The van der Waals surface area contributed by atoms with Gasteiger partial charge in [-0.2, -0.15) is 0 Å². The number of para-hydroxylation sites is 1. The van der Waals surface area contributed by atoms with Crippen LogP contribution in [-0.2, 0) is 0 Å². The van der Waals surface area contributed by atoms with Gasteiger partial charge in [0.2, 0.25) is 0 Å². The van der Waals surface area contributed by atoms with Crippen molar-refractivity contribution in [2.75, 3.05) is 32.1 Å². The second-order valence-corrected chi connectivity index (χ2v) is 10.9. The number of rotatable bonds is 7. The molecule has 0 radical (unpaired) electrons. The summed E-state index contributed by atoms with van der Waals surface area (Å²) in [5, 5.41) is 7.30. The smallest absolute Gasteiger partial charge is 0.170 e. The zero-order valence-electron chi connectivity index (χ0n) is 18.7. The first kappa shape index (κ1) is 22.9. The van der Waals surface area contributed by atoms with Crippen LogP contribution in [-0.4, -0.2) is 41.3 Å². The highest BCUT2D eigenvalue weighted by atomic mass is 32.1. The first-order valence-corrected chi connectivity index (χ1v) is 12.9. The molecule has 4 nitrogen and oxygen atoms in total. The summed E-state index contributed by atoms with van der Waals surface area (Å²) in [6, 6.07) is 32.6. The fourth-order valence-corrected chi connectivity index (χ4v) is 7.28. The summed E-state index contributed by atoms with van der Waals surface area (Å²) < 4.78 is 5.20. The Kier molecular flexibility index (Phi) is 7.88. The van der Waals surface area contributed by atoms with Gasteiger partial charge in [0.05, 0.1) is 12.1 Å². The zero-order valence-corrected chi connectivity index (χ0v) is 20.4. The van der Waals surface area contributed by atoms with Crippen molar-refractivity contribution in [3.8, 4) is 0 Å². The minimum atomic E-state index is -0.409. The Balaban J connectivity index is 1.39. The predicted octanol–water partition coefficient (Wildman–Crippen LogP) is 6.03. The number of likely N-dealkylation sites (N-methyl/N-ethyl adjacent to an activating group) is 2. The summed E-state index contributed by atoms with van der Waals surface area (Å²) in [7, 11) is 4.17. The number of thiocarbonyl (C=S) groups is 1. The Morgan fingerprint density at radius 2 is 1.25 bits per heavy atom. The van der Waals surface area contributed by atoms with Crippen LogP contribution < -0.4 is 10.6 Å². The fourth-order valence-electron chi connectivity index (χ4n) is 4.45. The Morgan fingerprint density at radius 1 is 0.781 bits per heavy atom. The number of nitrogens with one attached hydrogen (secondary N) is 2. The lowest BCUT2D eigenvalue weighted by Crippen LogP contribution is -2.29. The summed E-state index contributed by atoms with van der Waals surface area (Å²) in [6.45, 7) is 0.866. The van der Waals surface area contributed by atoms with Crippen molar-refractivity contribution in [2.45, 2.75) is 18.5 Å². The highest BCUT2D eigenvalue weighted by Gasteiger charge is 2.44. The molecule has 0 unspecified atom stereocenters. The van der Waals surface area contributed by atoms with Crippen LogP contribution in [0.25, 0.3) is 0 Å². The van der Waals surface area contributed by atoms with E-state index in [0.717, 1.165) is 24.8 Å². The predicted molar refractivity (Wildman–Crippen MR) is 141 cm³/mol. The Bertz CT molecular complexity index is 935. The minimum absolute atomic E-state index is 0.350. The molecular formula is C26H31N4PS. The van der Waals surface area contributed by atoms with Crippen LogP contribution in [0.1, 0.15) is 29.6 Å². The molecule has 1 fully saturated rings.